The van der Waals surface area contributed by atoms with Crippen LogP contribution in [0.3, 0.4) is 0 Å². The van der Waals surface area contributed by atoms with E-state index in [4.69, 9.17) is 14.2 Å². The third kappa shape index (κ3) is 31.3. The zero-order chi connectivity index (χ0) is 36.4. The van der Waals surface area contributed by atoms with Gasteiger partial charge in [0.25, 0.3) is 0 Å². The SMILES string of the molecule is CC/C=C/C/C=C/CCCCC(=O)OCC(COCCC(C(=O)O)[N+](C)(C)C)OC(=O)CCCCCCC/C=C/CCCCCCCCC. The molecule has 1 N–H and O–H groups in total. The number of nitrogens with zero attached hydrogens (tertiary/aromatic N) is 1. The molecule has 0 bridgehead atoms. The normalized spacial score (nSPS) is 13.4. The first-order valence-corrected chi connectivity index (χ1v) is 19.5. The third-order valence-corrected chi connectivity index (χ3v) is 8.52. The minimum absolute atomic E-state index is 0.0479. The van der Waals surface area contributed by atoms with Crippen molar-refractivity contribution in [2.75, 3.05) is 41.0 Å². The van der Waals surface area contributed by atoms with E-state index >= 15 is 0 Å². The van der Waals surface area contributed by atoms with Gasteiger partial charge in [-0.15, -0.1) is 0 Å². The minimum atomic E-state index is -0.882. The average Bonchev–Trinajstić information content (AvgIpc) is 3.05. The van der Waals surface area contributed by atoms with Crippen molar-refractivity contribution in [3.8, 4) is 0 Å². The monoisotopic (exact) mass is 693 g/mol. The van der Waals surface area contributed by atoms with Crippen LogP contribution in [0.4, 0.5) is 0 Å². The number of carboxylic acid groups (broad SMARTS) is 1. The number of quaternary nitrogens is 1. The minimum Gasteiger partial charge on any atom is -0.477 e. The highest BCUT2D eigenvalue weighted by atomic mass is 16.6. The molecule has 0 amide bonds. The molecule has 0 aromatic rings. The van der Waals surface area contributed by atoms with Crippen molar-refractivity contribution >= 4 is 17.9 Å². The van der Waals surface area contributed by atoms with Crippen molar-refractivity contribution in [3.05, 3.63) is 36.5 Å². The lowest BCUT2D eigenvalue weighted by Crippen LogP contribution is -2.50. The highest BCUT2D eigenvalue weighted by Gasteiger charge is 2.31. The van der Waals surface area contributed by atoms with E-state index in [9.17, 15) is 19.5 Å². The molecule has 0 saturated heterocycles. The molecule has 0 fully saturated rings. The van der Waals surface area contributed by atoms with E-state index in [0.29, 0.717) is 19.3 Å². The third-order valence-electron chi connectivity index (χ3n) is 8.52. The Labute approximate surface area is 300 Å². The lowest BCUT2D eigenvalue weighted by Gasteiger charge is -2.31. The van der Waals surface area contributed by atoms with Crippen molar-refractivity contribution in [3.63, 3.8) is 0 Å². The topological polar surface area (TPSA) is 99.1 Å². The lowest BCUT2D eigenvalue weighted by molar-refractivity contribution is -0.887. The number of likely N-dealkylation sites (N-methyl/N-ethyl adjacent to an activating group) is 1. The first-order valence-electron chi connectivity index (χ1n) is 19.5. The smallest absolute Gasteiger partial charge is 0.362 e. The molecule has 0 heterocycles. The summed E-state index contributed by atoms with van der Waals surface area (Å²) in [5.41, 5.74) is 0. The summed E-state index contributed by atoms with van der Waals surface area (Å²) in [6, 6.07) is -0.618. The van der Waals surface area contributed by atoms with Gasteiger partial charge < -0.3 is 23.8 Å². The Morgan fingerprint density at radius 1 is 0.633 bits per heavy atom. The summed E-state index contributed by atoms with van der Waals surface area (Å²) in [5, 5.41) is 9.57. The molecule has 8 heteroatoms. The van der Waals surface area contributed by atoms with Crippen LogP contribution in [0.2, 0.25) is 0 Å². The molecule has 2 atom stereocenters. The maximum absolute atomic E-state index is 12.6. The van der Waals surface area contributed by atoms with E-state index in [-0.39, 0.29) is 36.2 Å². The standard InChI is InChI=1S/C41H73NO7/c1-6-8-10-12-14-16-17-18-19-20-21-22-24-26-28-30-32-40(44)49-37(35-47-34-33-38(41(45)46)42(3,4)5)36-48-39(43)31-29-27-25-23-15-13-11-9-7-2/h9,11,15,19-20,23,37-38H,6-8,10,12-14,16-18,21-22,24-36H2,1-5H3/p+1/b11-9+,20-19+,23-15+. The first kappa shape index (κ1) is 46.5. The van der Waals surface area contributed by atoms with Gasteiger partial charge in [-0.25, -0.2) is 4.79 Å². The number of hydrogen-bond donors (Lipinski definition) is 1. The lowest BCUT2D eigenvalue weighted by atomic mass is 10.1. The molecule has 0 aromatic carbocycles. The number of esters is 2. The van der Waals surface area contributed by atoms with Gasteiger partial charge in [-0.2, -0.15) is 0 Å². The molecular formula is C41H74NO7+. The second kappa shape index (κ2) is 32.7. The van der Waals surface area contributed by atoms with Gasteiger partial charge in [-0.3, -0.25) is 9.59 Å². The molecule has 0 spiro atoms. The fourth-order valence-electron chi connectivity index (χ4n) is 5.47. The van der Waals surface area contributed by atoms with Crippen LogP contribution in [0.5, 0.6) is 0 Å². The summed E-state index contributed by atoms with van der Waals surface area (Å²) in [4.78, 5) is 36.7. The van der Waals surface area contributed by atoms with Crippen LogP contribution in [0.15, 0.2) is 36.5 Å². The molecule has 0 saturated carbocycles. The molecule has 0 aliphatic rings. The predicted molar refractivity (Wildman–Crippen MR) is 201 cm³/mol. The van der Waals surface area contributed by atoms with Crippen LogP contribution >= 0.6 is 0 Å². The molecular weight excluding hydrogens is 618 g/mol. The molecule has 0 aliphatic heterocycles. The van der Waals surface area contributed by atoms with Crippen molar-refractivity contribution in [2.45, 2.75) is 167 Å². The number of carbonyl (C=O) groups excluding carboxylic acids is 2. The van der Waals surface area contributed by atoms with Crippen LogP contribution in [-0.2, 0) is 28.6 Å². The second-order valence-corrected chi connectivity index (χ2v) is 14.1. The molecule has 8 nitrogen and oxygen atoms in total. The van der Waals surface area contributed by atoms with Crippen molar-refractivity contribution in [1.82, 2.24) is 0 Å². The van der Waals surface area contributed by atoms with Crippen molar-refractivity contribution in [2.24, 2.45) is 0 Å². The van der Waals surface area contributed by atoms with Crippen LogP contribution in [0.25, 0.3) is 0 Å². The number of rotatable bonds is 34. The van der Waals surface area contributed by atoms with Gasteiger partial charge in [0.1, 0.15) is 6.61 Å². The van der Waals surface area contributed by atoms with Crippen molar-refractivity contribution < 1.29 is 38.2 Å². The van der Waals surface area contributed by atoms with Gasteiger partial charge in [0.2, 0.25) is 0 Å². The quantitative estimate of drug-likeness (QED) is 0.0310. The summed E-state index contributed by atoms with van der Waals surface area (Å²) in [6.45, 7) is 4.55. The van der Waals surface area contributed by atoms with Crippen LogP contribution < -0.4 is 0 Å². The molecule has 0 aliphatic carbocycles. The molecule has 0 aromatic heterocycles. The van der Waals surface area contributed by atoms with Crippen LogP contribution in [0, 0.1) is 0 Å². The number of carboxylic acids is 1. The van der Waals surface area contributed by atoms with E-state index in [1.165, 1.54) is 57.8 Å². The second-order valence-electron chi connectivity index (χ2n) is 14.1. The average molecular weight is 693 g/mol. The zero-order valence-corrected chi connectivity index (χ0v) is 32.1. The van der Waals surface area contributed by atoms with Crippen LogP contribution in [0.1, 0.15) is 155 Å². The van der Waals surface area contributed by atoms with E-state index in [1.807, 2.05) is 21.1 Å². The Bertz CT molecular complexity index is 906. The molecule has 284 valence electrons. The summed E-state index contributed by atoms with van der Waals surface area (Å²) >= 11 is 0. The van der Waals surface area contributed by atoms with Gasteiger partial charge in [0.15, 0.2) is 12.1 Å². The highest BCUT2D eigenvalue weighted by Crippen LogP contribution is 2.13. The summed E-state index contributed by atoms with van der Waals surface area (Å²) in [6.07, 6.45) is 34.9. The van der Waals surface area contributed by atoms with Gasteiger partial charge in [-0.1, -0.05) is 108 Å². The largest absolute Gasteiger partial charge is 0.477 e. The van der Waals surface area contributed by atoms with Gasteiger partial charge in [0, 0.05) is 19.3 Å². The Kier molecular flexibility index (Phi) is 31.1. The fourth-order valence-corrected chi connectivity index (χ4v) is 5.47. The first-order chi connectivity index (χ1) is 23.6. The Morgan fingerprint density at radius 2 is 1.14 bits per heavy atom. The summed E-state index contributed by atoms with van der Waals surface area (Å²) in [7, 11) is 5.50. The number of unbranched alkanes of at least 4 members (excludes halogenated alkanes) is 14. The Balaban J connectivity index is 4.42. The van der Waals surface area contributed by atoms with E-state index in [0.717, 1.165) is 64.2 Å². The molecule has 0 radical (unpaired) electrons. The van der Waals surface area contributed by atoms with E-state index in [1.54, 1.807) is 0 Å². The van der Waals surface area contributed by atoms with E-state index < -0.39 is 18.1 Å². The van der Waals surface area contributed by atoms with Crippen molar-refractivity contribution in [1.29, 1.82) is 0 Å². The number of allylic oxidation sites excluding steroid dienone is 6. The zero-order valence-electron chi connectivity index (χ0n) is 32.1. The van der Waals surface area contributed by atoms with Gasteiger partial charge in [0.05, 0.1) is 34.4 Å². The Morgan fingerprint density at radius 3 is 1.73 bits per heavy atom. The number of carbonyl (C=O) groups is 3. The van der Waals surface area contributed by atoms with E-state index in [2.05, 4.69) is 50.3 Å². The van der Waals surface area contributed by atoms with Gasteiger partial charge in [-0.05, 0) is 64.2 Å². The molecule has 49 heavy (non-hydrogen) atoms. The fraction of sp³-hybridized carbons (Fsp3) is 0.780. The summed E-state index contributed by atoms with van der Waals surface area (Å²) < 4.78 is 17.1. The van der Waals surface area contributed by atoms with Gasteiger partial charge >= 0.3 is 17.9 Å². The molecule has 0 rings (SSSR count). The molecule has 2 unspecified atom stereocenters. The highest BCUT2D eigenvalue weighted by molar-refractivity contribution is 5.72. The van der Waals surface area contributed by atoms with Crippen LogP contribution in [-0.4, -0.2) is 80.6 Å². The summed E-state index contributed by atoms with van der Waals surface area (Å²) in [5.74, 6) is -1.53. The maximum atomic E-state index is 12.6. The number of hydrogen-bond acceptors (Lipinski definition) is 6. The number of aliphatic carboxylic acids is 1. The predicted octanol–water partition coefficient (Wildman–Crippen LogP) is 9.91. The maximum Gasteiger partial charge on any atom is 0.362 e. The Hall–Kier alpha value is -2.45. The number of ether oxygens (including phenoxy) is 3.